The van der Waals surface area contributed by atoms with Crippen LogP contribution in [0.25, 0.3) is 0 Å². The van der Waals surface area contributed by atoms with Gasteiger partial charge in [-0.1, -0.05) is 5.57 Å². The molecule has 0 N–H and O–H groups in total. The molecule has 1 aliphatic heterocycles. The lowest BCUT2D eigenvalue weighted by Gasteiger charge is -1.87. The molecular weight excluding hydrogens is 88.1 g/mol. The molecule has 1 unspecified atom stereocenters. The van der Waals surface area contributed by atoms with E-state index in [0.717, 1.165) is 13.0 Å². The molecule has 1 atom stereocenters. The largest absolute Gasteiger partial charge is 0.373 e. The van der Waals surface area contributed by atoms with Crippen molar-refractivity contribution in [3.63, 3.8) is 0 Å². The van der Waals surface area contributed by atoms with Gasteiger partial charge in [-0.2, -0.15) is 0 Å². The second-order valence-electron chi connectivity index (χ2n) is 2.12. The molecule has 0 saturated carbocycles. The van der Waals surface area contributed by atoms with E-state index in [1.165, 1.54) is 5.57 Å². The first-order chi connectivity index (χ1) is 3.29. The first-order valence-electron chi connectivity index (χ1n) is 2.55. The summed E-state index contributed by atoms with van der Waals surface area (Å²) in [5.41, 5.74) is 1.22. The number of hydrogen-bond acceptors (Lipinski definition) is 1. The maximum Gasteiger partial charge on any atom is 0.0846 e. The Morgan fingerprint density at radius 1 is 2.00 bits per heavy atom. The number of hydrogen-bond donors (Lipinski definition) is 0. The van der Waals surface area contributed by atoms with Crippen molar-refractivity contribution >= 4 is 0 Å². The predicted octanol–water partition coefficient (Wildman–Crippen LogP) is 1.35. The Bertz CT molecular complexity index is 82.2. The van der Waals surface area contributed by atoms with E-state index in [1.807, 2.05) is 6.92 Å². The minimum Gasteiger partial charge on any atom is -0.373 e. The summed E-state index contributed by atoms with van der Waals surface area (Å²) >= 11 is 0. The molecule has 1 heterocycles. The van der Waals surface area contributed by atoms with E-state index in [1.54, 1.807) is 0 Å². The van der Waals surface area contributed by atoms with Crippen molar-refractivity contribution in [1.29, 1.82) is 0 Å². The Morgan fingerprint density at radius 2 is 2.57 bits per heavy atom. The van der Waals surface area contributed by atoms with Crippen LogP contribution in [0.5, 0.6) is 0 Å². The second kappa shape index (κ2) is 1.66. The molecule has 1 saturated heterocycles. The Kier molecular flexibility index (Phi) is 1.15. The Hall–Kier alpha value is -0.300. The van der Waals surface area contributed by atoms with Crippen LogP contribution < -0.4 is 0 Å². The molecule has 0 spiro atoms. The lowest BCUT2D eigenvalue weighted by Crippen LogP contribution is -1.82. The Morgan fingerprint density at radius 3 is 2.71 bits per heavy atom. The van der Waals surface area contributed by atoms with Crippen LogP contribution in [0, 0.1) is 0 Å². The van der Waals surface area contributed by atoms with Gasteiger partial charge in [0, 0.05) is 0 Å². The van der Waals surface area contributed by atoms with Crippen molar-refractivity contribution < 1.29 is 4.74 Å². The maximum atomic E-state index is 4.96. The van der Waals surface area contributed by atoms with E-state index >= 15 is 0 Å². The van der Waals surface area contributed by atoms with Crippen LogP contribution in [0.15, 0.2) is 12.2 Å². The number of ether oxygens (including phenoxy) is 1. The number of epoxide rings is 1. The lowest BCUT2D eigenvalue weighted by atomic mass is 10.2. The molecular formula is C6H10O. The van der Waals surface area contributed by atoms with Gasteiger partial charge >= 0.3 is 0 Å². The third kappa shape index (κ3) is 1.74. The number of rotatable bonds is 2. The third-order valence-electron chi connectivity index (χ3n) is 0.979. The summed E-state index contributed by atoms with van der Waals surface area (Å²) in [4.78, 5) is 0. The van der Waals surface area contributed by atoms with Gasteiger partial charge in [0.05, 0.1) is 12.7 Å². The molecule has 7 heavy (non-hydrogen) atoms. The van der Waals surface area contributed by atoms with Crippen LogP contribution in [0.1, 0.15) is 13.3 Å². The maximum absolute atomic E-state index is 4.96. The molecule has 0 aliphatic carbocycles. The fourth-order valence-corrected chi connectivity index (χ4v) is 0.575. The highest BCUT2D eigenvalue weighted by Crippen LogP contribution is 2.16. The fourth-order valence-electron chi connectivity index (χ4n) is 0.575. The average Bonchev–Trinajstić information content (AvgIpc) is 2.17. The lowest BCUT2D eigenvalue weighted by molar-refractivity contribution is 0.407. The molecule has 1 heteroatoms. The van der Waals surface area contributed by atoms with Crippen LogP contribution >= 0.6 is 0 Å². The van der Waals surface area contributed by atoms with E-state index in [0.29, 0.717) is 6.10 Å². The second-order valence-corrected chi connectivity index (χ2v) is 2.12. The highest BCUT2D eigenvalue weighted by molar-refractivity contribution is 4.93. The normalized spacial score (nSPS) is 27.3. The topological polar surface area (TPSA) is 12.5 Å². The molecule has 0 bridgehead atoms. The summed E-state index contributed by atoms with van der Waals surface area (Å²) in [5, 5.41) is 0. The molecule has 0 aromatic heterocycles. The van der Waals surface area contributed by atoms with Crippen molar-refractivity contribution in [2.24, 2.45) is 0 Å². The van der Waals surface area contributed by atoms with E-state index in [2.05, 4.69) is 6.58 Å². The van der Waals surface area contributed by atoms with Gasteiger partial charge < -0.3 is 4.74 Å². The van der Waals surface area contributed by atoms with Crippen LogP contribution in [0.2, 0.25) is 0 Å². The van der Waals surface area contributed by atoms with Gasteiger partial charge in [0.1, 0.15) is 0 Å². The molecule has 1 nitrogen and oxygen atoms in total. The molecule has 1 aliphatic rings. The summed E-state index contributed by atoms with van der Waals surface area (Å²) < 4.78 is 4.96. The summed E-state index contributed by atoms with van der Waals surface area (Å²) in [6.45, 7) is 6.74. The zero-order chi connectivity index (χ0) is 5.28. The first-order valence-corrected chi connectivity index (χ1v) is 2.55. The smallest absolute Gasteiger partial charge is 0.0846 e. The molecule has 1 fully saturated rings. The van der Waals surface area contributed by atoms with E-state index in [9.17, 15) is 0 Å². The first kappa shape index (κ1) is 4.85. The summed E-state index contributed by atoms with van der Waals surface area (Å²) in [7, 11) is 0. The molecule has 0 amide bonds. The van der Waals surface area contributed by atoms with Crippen molar-refractivity contribution in [1.82, 2.24) is 0 Å². The standard InChI is InChI=1S/C6H10O/c1-5(2)3-6-4-7-6/h6H,1,3-4H2,2H3. The van der Waals surface area contributed by atoms with Gasteiger partial charge in [-0.25, -0.2) is 0 Å². The quantitative estimate of drug-likeness (QED) is 0.375. The molecule has 1 rings (SSSR count). The SMILES string of the molecule is C=C(C)CC1CO1. The van der Waals surface area contributed by atoms with Crippen molar-refractivity contribution in [2.75, 3.05) is 6.61 Å². The summed E-state index contributed by atoms with van der Waals surface area (Å²) in [5.74, 6) is 0. The van der Waals surface area contributed by atoms with Gasteiger partial charge in [-0.3, -0.25) is 0 Å². The Balaban J connectivity index is 2.08. The van der Waals surface area contributed by atoms with Crippen LogP contribution in [-0.2, 0) is 4.74 Å². The van der Waals surface area contributed by atoms with E-state index in [4.69, 9.17) is 4.74 Å². The van der Waals surface area contributed by atoms with Gasteiger partial charge in [0.25, 0.3) is 0 Å². The predicted molar refractivity (Wildman–Crippen MR) is 29.2 cm³/mol. The minimum absolute atomic E-state index is 0.525. The zero-order valence-corrected chi connectivity index (χ0v) is 4.61. The van der Waals surface area contributed by atoms with Crippen molar-refractivity contribution in [3.05, 3.63) is 12.2 Å². The van der Waals surface area contributed by atoms with Crippen molar-refractivity contribution in [2.45, 2.75) is 19.4 Å². The van der Waals surface area contributed by atoms with E-state index in [-0.39, 0.29) is 0 Å². The fraction of sp³-hybridized carbons (Fsp3) is 0.667. The summed E-state index contributed by atoms with van der Waals surface area (Å²) in [6.07, 6.45) is 1.58. The Labute approximate surface area is 44.0 Å². The van der Waals surface area contributed by atoms with Gasteiger partial charge in [-0.15, -0.1) is 6.58 Å². The monoisotopic (exact) mass is 98.1 g/mol. The van der Waals surface area contributed by atoms with Gasteiger partial charge in [0.15, 0.2) is 0 Å². The highest BCUT2D eigenvalue weighted by atomic mass is 16.6. The molecule has 0 aromatic rings. The minimum atomic E-state index is 0.525. The van der Waals surface area contributed by atoms with E-state index < -0.39 is 0 Å². The average molecular weight is 98.1 g/mol. The van der Waals surface area contributed by atoms with Crippen LogP contribution in [0.3, 0.4) is 0 Å². The molecule has 0 radical (unpaired) electrons. The molecule has 40 valence electrons. The molecule has 0 aromatic carbocycles. The van der Waals surface area contributed by atoms with Gasteiger partial charge in [0.2, 0.25) is 0 Å². The zero-order valence-electron chi connectivity index (χ0n) is 4.61. The van der Waals surface area contributed by atoms with Crippen LogP contribution in [-0.4, -0.2) is 12.7 Å². The third-order valence-corrected chi connectivity index (χ3v) is 0.979. The van der Waals surface area contributed by atoms with Crippen LogP contribution in [0.4, 0.5) is 0 Å². The summed E-state index contributed by atoms with van der Waals surface area (Å²) in [6, 6.07) is 0. The van der Waals surface area contributed by atoms with Gasteiger partial charge in [-0.05, 0) is 13.3 Å². The van der Waals surface area contributed by atoms with Crippen molar-refractivity contribution in [3.8, 4) is 0 Å². The highest BCUT2D eigenvalue weighted by Gasteiger charge is 2.21.